The molecule has 0 unspecified atom stereocenters. The predicted molar refractivity (Wildman–Crippen MR) is 88.3 cm³/mol. The summed E-state index contributed by atoms with van der Waals surface area (Å²) >= 11 is 0. The zero-order chi connectivity index (χ0) is 15.1. The summed E-state index contributed by atoms with van der Waals surface area (Å²) in [5.74, 6) is 0.789. The van der Waals surface area contributed by atoms with Gasteiger partial charge in [0.15, 0.2) is 0 Å². The minimum atomic E-state index is 0.199. The summed E-state index contributed by atoms with van der Waals surface area (Å²) in [5.41, 5.74) is 0.817. The first-order chi connectivity index (χ1) is 10.3. The van der Waals surface area contributed by atoms with Gasteiger partial charge in [-0.15, -0.1) is 6.58 Å². The maximum atomic E-state index is 12.9. The molecule has 1 aliphatic carbocycles. The van der Waals surface area contributed by atoms with Crippen molar-refractivity contribution in [2.75, 3.05) is 6.54 Å². The van der Waals surface area contributed by atoms with Gasteiger partial charge in [-0.05, 0) is 43.7 Å². The molecule has 2 atom stereocenters. The van der Waals surface area contributed by atoms with E-state index in [-0.39, 0.29) is 5.91 Å². The molecule has 0 bridgehead atoms. The van der Waals surface area contributed by atoms with Crippen molar-refractivity contribution >= 4 is 5.91 Å². The molecule has 0 aliphatic heterocycles. The lowest BCUT2D eigenvalue weighted by atomic mass is 9.97. The number of carbonyl (C=O) groups is 1. The number of unbranched alkanes of at least 4 members (excludes halogenated alkanes) is 1. The third-order valence-electron chi connectivity index (χ3n) is 4.52. The number of rotatable bonds is 7. The van der Waals surface area contributed by atoms with Crippen LogP contribution >= 0.6 is 0 Å². The molecule has 114 valence electrons. The van der Waals surface area contributed by atoms with E-state index >= 15 is 0 Å². The Bertz CT molecular complexity index is 454. The third-order valence-corrected chi connectivity index (χ3v) is 4.52. The van der Waals surface area contributed by atoms with Crippen molar-refractivity contribution in [3.63, 3.8) is 0 Å². The van der Waals surface area contributed by atoms with E-state index in [4.69, 9.17) is 0 Å². The lowest BCUT2D eigenvalue weighted by Gasteiger charge is -2.33. The van der Waals surface area contributed by atoms with Crippen LogP contribution in [0.15, 0.2) is 43.0 Å². The largest absolute Gasteiger partial charge is 0.335 e. The average Bonchev–Trinajstić information content (AvgIpc) is 2.97. The zero-order valence-corrected chi connectivity index (χ0v) is 13.1. The second kappa shape index (κ2) is 8.02. The number of amides is 1. The molecule has 2 heteroatoms. The fourth-order valence-electron chi connectivity index (χ4n) is 3.41. The van der Waals surface area contributed by atoms with E-state index in [1.165, 1.54) is 12.8 Å². The van der Waals surface area contributed by atoms with Gasteiger partial charge in [-0.3, -0.25) is 4.79 Å². The van der Waals surface area contributed by atoms with Gasteiger partial charge in [-0.25, -0.2) is 0 Å². The van der Waals surface area contributed by atoms with Crippen LogP contribution in [0, 0.1) is 5.92 Å². The Morgan fingerprint density at radius 3 is 2.76 bits per heavy atom. The van der Waals surface area contributed by atoms with Gasteiger partial charge in [0.2, 0.25) is 0 Å². The Hall–Kier alpha value is -1.57. The Morgan fingerprint density at radius 2 is 2.10 bits per heavy atom. The van der Waals surface area contributed by atoms with E-state index in [0.717, 1.165) is 37.8 Å². The minimum Gasteiger partial charge on any atom is -0.335 e. The summed E-state index contributed by atoms with van der Waals surface area (Å²) < 4.78 is 0. The molecule has 1 aliphatic rings. The Morgan fingerprint density at radius 1 is 1.33 bits per heavy atom. The summed E-state index contributed by atoms with van der Waals surface area (Å²) in [6.45, 7) is 6.94. The summed E-state index contributed by atoms with van der Waals surface area (Å²) in [6.07, 6.45) is 8.83. The van der Waals surface area contributed by atoms with Crippen molar-refractivity contribution in [2.45, 2.75) is 51.5 Å². The Kier molecular flexibility index (Phi) is 6.04. The van der Waals surface area contributed by atoms with Crippen LogP contribution in [0.1, 0.15) is 55.8 Å². The summed E-state index contributed by atoms with van der Waals surface area (Å²) in [4.78, 5) is 15.0. The quantitative estimate of drug-likeness (QED) is 0.666. The van der Waals surface area contributed by atoms with Gasteiger partial charge < -0.3 is 4.90 Å². The number of hydrogen-bond donors (Lipinski definition) is 0. The summed E-state index contributed by atoms with van der Waals surface area (Å²) in [6, 6.07) is 10.1. The van der Waals surface area contributed by atoms with Crippen LogP contribution in [0.2, 0.25) is 0 Å². The first-order valence-electron chi connectivity index (χ1n) is 8.24. The van der Waals surface area contributed by atoms with E-state index in [1.54, 1.807) is 0 Å². The van der Waals surface area contributed by atoms with Crippen LogP contribution in [-0.2, 0) is 0 Å². The monoisotopic (exact) mass is 285 g/mol. The second-order valence-electron chi connectivity index (χ2n) is 6.00. The van der Waals surface area contributed by atoms with E-state index in [2.05, 4.69) is 18.4 Å². The first-order valence-corrected chi connectivity index (χ1v) is 8.24. The first kappa shape index (κ1) is 15.8. The molecule has 1 aromatic rings. The number of benzene rings is 1. The average molecular weight is 285 g/mol. The molecule has 0 heterocycles. The SMILES string of the molecule is C=CC[C@@H]1CCC[C@@H]1N(CCCC)C(=O)c1ccccc1. The zero-order valence-electron chi connectivity index (χ0n) is 13.1. The molecule has 1 amide bonds. The van der Waals surface area contributed by atoms with Crippen LogP contribution in [0.4, 0.5) is 0 Å². The van der Waals surface area contributed by atoms with Crippen LogP contribution < -0.4 is 0 Å². The van der Waals surface area contributed by atoms with Gasteiger partial charge in [-0.2, -0.15) is 0 Å². The molecule has 1 aromatic carbocycles. The molecular formula is C19H27NO. The van der Waals surface area contributed by atoms with Crippen LogP contribution in [0.25, 0.3) is 0 Å². The fraction of sp³-hybridized carbons (Fsp3) is 0.526. The van der Waals surface area contributed by atoms with Crippen molar-refractivity contribution in [3.05, 3.63) is 48.6 Å². The smallest absolute Gasteiger partial charge is 0.254 e. The third kappa shape index (κ3) is 3.96. The second-order valence-corrected chi connectivity index (χ2v) is 6.00. The molecule has 0 radical (unpaired) electrons. The molecule has 21 heavy (non-hydrogen) atoms. The standard InChI is InChI=1S/C19H27NO/c1-3-5-15-20(18-14-9-13-16(18)10-4-2)19(21)17-11-7-6-8-12-17/h4,6-8,11-12,16,18H,2-3,5,9-10,13-15H2,1H3/t16-,18+/m1/s1. The lowest BCUT2D eigenvalue weighted by Crippen LogP contribution is -2.43. The predicted octanol–water partition coefficient (Wildman–Crippen LogP) is 4.67. The van der Waals surface area contributed by atoms with Crippen molar-refractivity contribution in [1.82, 2.24) is 4.90 Å². The van der Waals surface area contributed by atoms with Crippen LogP contribution in [-0.4, -0.2) is 23.4 Å². The lowest BCUT2D eigenvalue weighted by molar-refractivity contribution is 0.0632. The van der Waals surface area contributed by atoms with Crippen LogP contribution in [0.5, 0.6) is 0 Å². The van der Waals surface area contributed by atoms with Crippen molar-refractivity contribution < 1.29 is 4.79 Å². The maximum Gasteiger partial charge on any atom is 0.254 e. The highest BCUT2D eigenvalue weighted by atomic mass is 16.2. The molecule has 2 rings (SSSR count). The highest BCUT2D eigenvalue weighted by Gasteiger charge is 2.33. The Balaban J connectivity index is 2.17. The molecule has 1 fully saturated rings. The van der Waals surface area contributed by atoms with Crippen molar-refractivity contribution in [3.8, 4) is 0 Å². The van der Waals surface area contributed by atoms with Crippen molar-refractivity contribution in [1.29, 1.82) is 0 Å². The summed E-state index contributed by atoms with van der Waals surface area (Å²) in [7, 11) is 0. The molecule has 0 aromatic heterocycles. The molecule has 0 N–H and O–H groups in total. The number of nitrogens with zero attached hydrogens (tertiary/aromatic N) is 1. The van der Waals surface area contributed by atoms with Gasteiger partial charge in [0.25, 0.3) is 5.91 Å². The van der Waals surface area contributed by atoms with E-state index in [1.807, 2.05) is 36.4 Å². The molecule has 0 spiro atoms. The fourth-order valence-corrected chi connectivity index (χ4v) is 3.41. The van der Waals surface area contributed by atoms with Gasteiger partial charge >= 0.3 is 0 Å². The molecular weight excluding hydrogens is 258 g/mol. The van der Waals surface area contributed by atoms with Gasteiger partial charge in [0, 0.05) is 18.2 Å². The maximum absolute atomic E-state index is 12.9. The normalized spacial score (nSPS) is 21.2. The molecule has 1 saturated carbocycles. The Labute approximate surface area is 128 Å². The number of allylic oxidation sites excluding steroid dienone is 1. The van der Waals surface area contributed by atoms with Gasteiger partial charge in [-0.1, -0.05) is 44.0 Å². The highest BCUT2D eigenvalue weighted by Crippen LogP contribution is 2.33. The number of carbonyl (C=O) groups excluding carboxylic acids is 1. The molecule has 0 saturated heterocycles. The van der Waals surface area contributed by atoms with Crippen molar-refractivity contribution in [2.24, 2.45) is 5.92 Å². The van der Waals surface area contributed by atoms with E-state index in [9.17, 15) is 4.79 Å². The van der Waals surface area contributed by atoms with E-state index < -0.39 is 0 Å². The van der Waals surface area contributed by atoms with E-state index in [0.29, 0.717) is 12.0 Å². The highest BCUT2D eigenvalue weighted by molar-refractivity contribution is 5.94. The topological polar surface area (TPSA) is 20.3 Å². The molecule has 2 nitrogen and oxygen atoms in total. The van der Waals surface area contributed by atoms with Gasteiger partial charge in [0.05, 0.1) is 0 Å². The van der Waals surface area contributed by atoms with Crippen LogP contribution in [0.3, 0.4) is 0 Å². The minimum absolute atomic E-state index is 0.199. The summed E-state index contributed by atoms with van der Waals surface area (Å²) in [5, 5.41) is 0. The number of hydrogen-bond acceptors (Lipinski definition) is 1. The van der Waals surface area contributed by atoms with Gasteiger partial charge in [0.1, 0.15) is 0 Å².